The maximum Gasteiger partial charge on any atom is 0.226 e. The van der Waals surface area contributed by atoms with Crippen LogP contribution in [0.4, 0.5) is 0 Å². The van der Waals surface area contributed by atoms with E-state index in [1.807, 2.05) is 0 Å². The molecule has 0 aliphatic heterocycles. The van der Waals surface area contributed by atoms with Crippen molar-refractivity contribution in [3.05, 3.63) is 11.7 Å². The number of nitrogens with two attached hydrogens (primary N) is 1. The molecule has 1 aromatic rings. The van der Waals surface area contributed by atoms with Gasteiger partial charge in [-0.3, -0.25) is 0 Å². The molecule has 0 aromatic carbocycles. The maximum atomic E-state index is 5.54. The summed E-state index contributed by atoms with van der Waals surface area (Å²) in [6, 6.07) is 0. The topological polar surface area (TPSA) is 64.9 Å². The van der Waals surface area contributed by atoms with Gasteiger partial charge < -0.3 is 10.3 Å². The Kier molecular flexibility index (Phi) is 3.85. The molecule has 4 heteroatoms. The van der Waals surface area contributed by atoms with E-state index >= 15 is 0 Å². The molecular weight excluding hydrogens is 190 g/mol. The molecule has 2 N–H and O–H groups in total. The third-order valence-electron chi connectivity index (χ3n) is 2.39. The van der Waals surface area contributed by atoms with Gasteiger partial charge in [-0.2, -0.15) is 4.98 Å². The van der Waals surface area contributed by atoms with Crippen molar-refractivity contribution in [1.29, 1.82) is 0 Å². The first-order valence-electron chi connectivity index (χ1n) is 5.46. The Morgan fingerprint density at radius 3 is 2.53 bits per heavy atom. The molecule has 0 saturated carbocycles. The highest BCUT2D eigenvalue weighted by Crippen LogP contribution is 2.19. The van der Waals surface area contributed by atoms with Gasteiger partial charge in [0.2, 0.25) is 5.89 Å². The zero-order chi connectivity index (χ0) is 11.5. The van der Waals surface area contributed by atoms with Gasteiger partial charge in [-0.25, -0.2) is 0 Å². The van der Waals surface area contributed by atoms with Crippen molar-refractivity contribution in [3.8, 4) is 0 Å². The molecule has 0 bridgehead atoms. The standard InChI is InChI=1S/C11H21N3O/c1-8(7-12)5-6-9-13-10(14-15-9)11(2,3)4/h8H,5-7,12H2,1-4H3. The zero-order valence-corrected chi connectivity index (χ0v) is 10.1. The van der Waals surface area contributed by atoms with Crippen molar-refractivity contribution in [1.82, 2.24) is 10.1 Å². The van der Waals surface area contributed by atoms with E-state index in [-0.39, 0.29) is 5.41 Å². The molecule has 0 fully saturated rings. The third-order valence-corrected chi connectivity index (χ3v) is 2.39. The summed E-state index contributed by atoms with van der Waals surface area (Å²) >= 11 is 0. The van der Waals surface area contributed by atoms with Gasteiger partial charge in [-0.05, 0) is 18.9 Å². The molecule has 0 spiro atoms. The lowest BCUT2D eigenvalue weighted by Gasteiger charge is -2.10. The van der Waals surface area contributed by atoms with Crippen molar-refractivity contribution in [2.45, 2.75) is 46.0 Å². The second kappa shape index (κ2) is 4.75. The molecule has 0 saturated heterocycles. The molecule has 0 aliphatic carbocycles. The summed E-state index contributed by atoms with van der Waals surface area (Å²) in [7, 11) is 0. The van der Waals surface area contributed by atoms with E-state index in [0.717, 1.165) is 24.6 Å². The SMILES string of the molecule is CC(CN)CCc1nc(C(C)(C)C)no1. The monoisotopic (exact) mass is 211 g/mol. The van der Waals surface area contributed by atoms with Crippen molar-refractivity contribution in [3.63, 3.8) is 0 Å². The Morgan fingerprint density at radius 2 is 2.07 bits per heavy atom. The fourth-order valence-electron chi connectivity index (χ4n) is 1.15. The molecule has 1 rings (SSSR count). The van der Waals surface area contributed by atoms with E-state index in [1.54, 1.807) is 0 Å². The van der Waals surface area contributed by atoms with E-state index < -0.39 is 0 Å². The number of nitrogens with zero attached hydrogens (tertiary/aromatic N) is 2. The lowest BCUT2D eigenvalue weighted by molar-refractivity contribution is 0.353. The van der Waals surface area contributed by atoms with E-state index in [2.05, 4.69) is 37.8 Å². The largest absolute Gasteiger partial charge is 0.339 e. The van der Waals surface area contributed by atoms with Crippen molar-refractivity contribution < 1.29 is 4.52 Å². The molecule has 1 atom stereocenters. The van der Waals surface area contributed by atoms with Gasteiger partial charge in [0.05, 0.1) is 0 Å². The molecule has 1 aromatic heterocycles. The maximum absolute atomic E-state index is 5.54. The van der Waals surface area contributed by atoms with Crippen LogP contribution in [0.25, 0.3) is 0 Å². The van der Waals surface area contributed by atoms with Crippen LogP contribution in [0, 0.1) is 5.92 Å². The van der Waals surface area contributed by atoms with Crippen LogP contribution in [-0.4, -0.2) is 16.7 Å². The number of aromatic nitrogens is 2. The summed E-state index contributed by atoms with van der Waals surface area (Å²) in [4.78, 5) is 4.37. The lowest BCUT2D eigenvalue weighted by Crippen LogP contribution is -2.13. The lowest BCUT2D eigenvalue weighted by atomic mass is 9.96. The fraction of sp³-hybridized carbons (Fsp3) is 0.818. The predicted octanol–water partition coefficient (Wildman–Crippen LogP) is 1.89. The molecule has 15 heavy (non-hydrogen) atoms. The van der Waals surface area contributed by atoms with Crippen LogP contribution in [-0.2, 0) is 11.8 Å². The van der Waals surface area contributed by atoms with Crippen LogP contribution < -0.4 is 5.73 Å². The number of hydrogen-bond donors (Lipinski definition) is 1. The highest BCUT2D eigenvalue weighted by Gasteiger charge is 2.20. The van der Waals surface area contributed by atoms with Crippen LogP contribution in [0.3, 0.4) is 0 Å². The highest BCUT2D eigenvalue weighted by molar-refractivity contribution is 4.99. The van der Waals surface area contributed by atoms with Crippen LogP contribution >= 0.6 is 0 Å². The summed E-state index contributed by atoms with van der Waals surface area (Å²) in [6.07, 6.45) is 1.82. The first-order chi connectivity index (χ1) is 6.93. The fourth-order valence-corrected chi connectivity index (χ4v) is 1.15. The van der Waals surface area contributed by atoms with Crippen LogP contribution in [0.2, 0.25) is 0 Å². The quantitative estimate of drug-likeness (QED) is 0.826. The molecular formula is C11H21N3O. The minimum atomic E-state index is -0.0404. The van der Waals surface area contributed by atoms with Gasteiger partial charge in [-0.15, -0.1) is 0 Å². The Bertz CT molecular complexity index is 301. The first-order valence-corrected chi connectivity index (χ1v) is 5.46. The summed E-state index contributed by atoms with van der Waals surface area (Å²) in [5.41, 5.74) is 5.50. The van der Waals surface area contributed by atoms with Crippen LogP contribution in [0.5, 0.6) is 0 Å². The smallest absolute Gasteiger partial charge is 0.226 e. The second-order valence-corrected chi connectivity index (χ2v) is 5.14. The minimum absolute atomic E-state index is 0.0404. The third kappa shape index (κ3) is 3.63. The Hall–Kier alpha value is -0.900. The molecule has 4 nitrogen and oxygen atoms in total. The Balaban J connectivity index is 2.54. The molecule has 86 valence electrons. The summed E-state index contributed by atoms with van der Waals surface area (Å²) in [6.45, 7) is 9.06. The number of hydrogen-bond acceptors (Lipinski definition) is 4. The summed E-state index contributed by atoms with van der Waals surface area (Å²) in [5.74, 6) is 2.01. The minimum Gasteiger partial charge on any atom is -0.339 e. The van der Waals surface area contributed by atoms with Crippen molar-refractivity contribution >= 4 is 0 Å². The van der Waals surface area contributed by atoms with E-state index in [0.29, 0.717) is 12.5 Å². The average molecular weight is 211 g/mol. The van der Waals surface area contributed by atoms with E-state index in [1.165, 1.54) is 0 Å². The molecule has 0 amide bonds. The van der Waals surface area contributed by atoms with Gasteiger partial charge in [0, 0.05) is 11.8 Å². The van der Waals surface area contributed by atoms with Gasteiger partial charge in [0.25, 0.3) is 0 Å². The Labute approximate surface area is 91.2 Å². The zero-order valence-electron chi connectivity index (χ0n) is 10.1. The second-order valence-electron chi connectivity index (χ2n) is 5.14. The van der Waals surface area contributed by atoms with Gasteiger partial charge in [-0.1, -0.05) is 32.9 Å². The van der Waals surface area contributed by atoms with E-state index in [4.69, 9.17) is 10.3 Å². The number of rotatable bonds is 4. The normalized spacial score (nSPS) is 14.2. The highest BCUT2D eigenvalue weighted by atomic mass is 16.5. The van der Waals surface area contributed by atoms with Gasteiger partial charge in [0.1, 0.15) is 0 Å². The predicted molar refractivity (Wildman–Crippen MR) is 59.5 cm³/mol. The summed E-state index contributed by atoms with van der Waals surface area (Å²) < 4.78 is 5.18. The van der Waals surface area contributed by atoms with Gasteiger partial charge >= 0.3 is 0 Å². The average Bonchev–Trinajstić information content (AvgIpc) is 2.61. The molecule has 1 heterocycles. The molecule has 1 unspecified atom stereocenters. The van der Waals surface area contributed by atoms with E-state index in [9.17, 15) is 0 Å². The molecule has 0 aliphatic rings. The van der Waals surface area contributed by atoms with Crippen LogP contribution in [0.15, 0.2) is 4.52 Å². The van der Waals surface area contributed by atoms with Crippen molar-refractivity contribution in [2.75, 3.05) is 6.54 Å². The number of aryl methyl sites for hydroxylation is 1. The van der Waals surface area contributed by atoms with Crippen LogP contribution in [0.1, 0.15) is 45.8 Å². The summed E-state index contributed by atoms with van der Waals surface area (Å²) in [5, 5.41) is 3.97. The first kappa shape index (κ1) is 12.2. The van der Waals surface area contributed by atoms with Gasteiger partial charge in [0.15, 0.2) is 5.82 Å². The Morgan fingerprint density at radius 1 is 1.40 bits per heavy atom. The van der Waals surface area contributed by atoms with Crippen molar-refractivity contribution in [2.24, 2.45) is 11.7 Å². The molecule has 0 radical (unpaired) electrons.